The number of nitriles is 1. The maximum Gasteiger partial charge on any atom is 0.155 e. The zero-order chi connectivity index (χ0) is 23.5. The van der Waals surface area contributed by atoms with Crippen LogP contribution >= 0.6 is 0 Å². The summed E-state index contributed by atoms with van der Waals surface area (Å²) in [5, 5.41) is 9.79. The molecule has 0 amide bonds. The number of hydrogen-bond acceptors (Lipinski definition) is 2. The van der Waals surface area contributed by atoms with E-state index in [4.69, 9.17) is 0 Å². The van der Waals surface area contributed by atoms with Gasteiger partial charge < -0.3 is 0 Å². The van der Waals surface area contributed by atoms with E-state index >= 15 is 0 Å². The van der Waals surface area contributed by atoms with E-state index in [1.54, 1.807) is 16.7 Å². The maximum absolute atomic E-state index is 13.1. The number of carbonyl (C=O) groups is 1. The van der Waals surface area contributed by atoms with E-state index in [2.05, 4.69) is 60.6 Å². The molecule has 2 heteroatoms. The van der Waals surface area contributed by atoms with Gasteiger partial charge in [0.15, 0.2) is 5.78 Å². The first-order chi connectivity index (χ1) is 15.0. The van der Waals surface area contributed by atoms with E-state index in [0.717, 1.165) is 43.4 Å². The zero-order valence-electron chi connectivity index (χ0n) is 21.7. The molecule has 0 spiro atoms. The molecule has 0 aliphatic heterocycles. The van der Waals surface area contributed by atoms with E-state index in [1.165, 1.54) is 32.1 Å². The fraction of sp³-hybridized carbons (Fsp3) is 0.800. The van der Waals surface area contributed by atoms with Gasteiger partial charge in [-0.3, -0.25) is 4.79 Å². The molecule has 4 rings (SSSR count). The number of Topliss-reactive ketones (excluding diaryl/α,β-unsaturated/α-hetero) is 1. The Morgan fingerprint density at radius 3 is 2.47 bits per heavy atom. The van der Waals surface area contributed by atoms with Crippen LogP contribution in [-0.2, 0) is 4.79 Å². The topological polar surface area (TPSA) is 40.9 Å². The van der Waals surface area contributed by atoms with Crippen molar-refractivity contribution in [2.75, 3.05) is 0 Å². The summed E-state index contributed by atoms with van der Waals surface area (Å²) in [4.78, 5) is 13.1. The molecule has 0 radical (unpaired) electrons. The number of ketones is 1. The molecule has 4 aliphatic rings. The molecule has 0 aromatic rings. The first-order valence-electron chi connectivity index (χ1n) is 13.3. The number of carbonyl (C=O) groups excluding carboxylic acids is 1. The van der Waals surface area contributed by atoms with E-state index in [9.17, 15) is 10.1 Å². The van der Waals surface area contributed by atoms with Gasteiger partial charge in [-0.1, -0.05) is 79.4 Å². The Bertz CT molecular complexity index is 883. The van der Waals surface area contributed by atoms with Crippen LogP contribution in [0.2, 0.25) is 0 Å². The molecule has 0 saturated heterocycles. The third-order valence-corrected chi connectivity index (χ3v) is 10.5. The summed E-state index contributed by atoms with van der Waals surface area (Å²) in [7, 11) is 0. The third kappa shape index (κ3) is 3.45. The number of allylic oxidation sites excluding steroid dienone is 4. The average Bonchev–Trinajstić information content (AvgIpc) is 3.08. The largest absolute Gasteiger partial charge is 0.298 e. The molecular weight excluding hydrogens is 390 g/mol. The van der Waals surface area contributed by atoms with Crippen LogP contribution < -0.4 is 0 Å². The third-order valence-electron chi connectivity index (χ3n) is 10.5. The van der Waals surface area contributed by atoms with Crippen LogP contribution in [0.25, 0.3) is 0 Å². The van der Waals surface area contributed by atoms with Crippen LogP contribution in [0.15, 0.2) is 22.8 Å². The SMILES string of the molecule is CC(C)CCC[C@@H](C)[C@H]1CC=C2C3=C(CC[C@@]21C)[C@@]1(C)CC(C#N)C(=O)C(C)(C)[C@@H]1CC3. The molecule has 1 fully saturated rings. The van der Waals surface area contributed by atoms with Crippen LogP contribution in [0.5, 0.6) is 0 Å². The monoisotopic (exact) mass is 435 g/mol. The van der Waals surface area contributed by atoms with Crippen molar-refractivity contribution in [2.45, 2.75) is 106 Å². The fourth-order valence-electron chi connectivity index (χ4n) is 8.73. The fourth-order valence-corrected chi connectivity index (χ4v) is 8.73. The van der Waals surface area contributed by atoms with E-state index < -0.39 is 11.3 Å². The van der Waals surface area contributed by atoms with Gasteiger partial charge in [-0.25, -0.2) is 0 Å². The molecule has 4 aliphatic carbocycles. The smallest absolute Gasteiger partial charge is 0.155 e. The molecule has 2 nitrogen and oxygen atoms in total. The van der Waals surface area contributed by atoms with E-state index in [0.29, 0.717) is 11.3 Å². The lowest BCUT2D eigenvalue weighted by Gasteiger charge is -2.58. The van der Waals surface area contributed by atoms with E-state index in [1.807, 2.05) is 0 Å². The minimum absolute atomic E-state index is 0.00543. The summed E-state index contributed by atoms with van der Waals surface area (Å²) in [6.45, 7) is 16.4. The predicted octanol–water partition coefficient (Wildman–Crippen LogP) is 8.05. The molecule has 0 aromatic heterocycles. The van der Waals surface area contributed by atoms with Crippen molar-refractivity contribution < 1.29 is 4.79 Å². The van der Waals surface area contributed by atoms with E-state index in [-0.39, 0.29) is 11.2 Å². The summed E-state index contributed by atoms with van der Waals surface area (Å²) < 4.78 is 0. The summed E-state index contributed by atoms with van der Waals surface area (Å²) in [6.07, 6.45) is 13.2. The van der Waals surface area contributed by atoms with Crippen LogP contribution in [0.1, 0.15) is 106 Å². The van der Waals surface area contributed by atoms with Crippen molar-refractivity contribution in [1.82, 2.24) is 0 Å². The van der Waals surface area contributed by atoms with Gasteiger partial charge in [0.2, 0.25) is 0 Å². The van der Waals surface area contributed by atoms with Crippen LogP contribution in [0, 0.1) is 57.2 Å². The molecule has 0 heterocycles. The molecule has 0 aromatic carbocycles. The predicted molar refractivity (Wildman–Crippen MR) is 132 cm³/mol. The Morgan fingerprint density at radius 1 is 1.09 bits per heavy atom. The second kappa shape index (κ2) is 8.14. The van der Waals surface area contributed by atoms with Crippen molar-refractivity contribution >= 4 is 5.78 Å². The van der Waals surface area contributed by atoms with Crippen molar-refractivity contribution in [1.29, 1.82) is 5.26 Å². The highest BCUT2D eigenvalue weighted by Gasteiger charge is 2.60. The van der Waals surface area contributed by atoms with Crippen molar-refractivity contribution in [2.24, 2.45) is 45.8 Å². The minimum atomic E-state index is -0.447. The first-order valence-corrected chi connectivity index (χ1v) is 13.3. The van der Waals surface area contributed by atoms with Crippen LogP contribution in [0.4, 0.5) is 0 Å². The minimum Gasteiger partial charge on any atom is -0.298 e. The maximum atomic E-state index is 13.1. The second-order valence-electron chi connectivity index (χ2n) is 13.1. The number of fused-ring (bicyclic) bond motifs is 4. The van der Waals surface area contributed by atoms with Crippen molar-refractivity contribution in [3.8, 4) is 6.07 Å². The highest BCUT2D eigenvalue weighted by molar-refractivity contribution is 5.90. The summed E-state index contributed by atoms with van der Waals surface area (Å²) in [5.41, 5.74) is 4.82. The lowest BCUT2D eigenvalue weighted by atomic mass is 9.45. The Kier molecular flexibility index (Phi) is 6.05. The quantitative estimate of drug-likeness (QED) is 0.438. The van der Waals surface area contributed by atoms with Gasteiger partial charge in [0, 0.05) is 5.41 Å². The van der Waals surface area contributed by atoms with Crippen LogP contribution in [0.3, 0.4) is 0 Å². The number of rotatable bonds is 5. The van der Waals surface area contributed by atoms with Gasteiger partial charge in [0.25, 0.3) is 0 Å². The zero-order valence-corrected chi connectivity index (χ0v) is 21.7. The highest BCUT2D eigenvalue weighted by Crippen LogP contribution is 2.66. The molecule has 176 valence electrons. The highest BCUT2D eigenvalue weighted by atomic mass is 16.1. The Morgan fingerprint density at radius 2 is 1.81 bits per heavy atom. The molecule has 0 bridgehead atoms. The van der Waals surface area contributed by atoms with Gasteiger partial charge in [-0.05, 0) is 84.2 Å². The molecule has 0 N–H and O–H groups in total. The summed E-state index contributed by atoms with van der Waals surface area (Å²) in [5.74, 6) is 2.44. The molecule has 1 unspecified atom stereocenters. The first kappa shape index (κ1) is 23.8. The van der Waals surface area contributed by atoms with Gasteiger partial charge >= 0.3 is 0 Å². The van der Waals surface area contributed by atoms with Gasteiger partial charge in [-0.15, -0.1) is 0 Å². The van der Waals surface area contributed by atoms with Gasteiger partial charge in [0.05, 0.1) is 6.07 Å². The lowest BCUT2D eigenvalue weighted by Crippen LogP contribution is -2.54. The summed E-state index contributed by atoms with van der Waals surface area (Å²) in [6, 6.07) is 2.38. The Labute approximate surface area is 196 Å². The molecule has 6 atom stereocenters. The number of hydrogen-bond donors (Lipinski definition) is 0. The Hall–Kier alpha value is -1.36. The van der Waals surface area contributed by atoms with Crippen molar-refractivity contribution in [3.05, 3.63) is 22.8 Å². The molecular formula is C30H45NO. The van der Waals surface area contributed by atoms with Gasteiger partial charge in [-0.2, -0.15) is 5.26 Å². The normalized spacial score (nSPS) is 39.2. The Balaban J connectivity index is 1.63. The number of nitrogens with zero attached hydrogens (tertiary/aromatic N) is 1. The molecule has 32 heavy (non-hydrogen) atoms. The molecule has 1 saturated carbocycles. The average molecular weight is 436 g/mol. The second-order valence-corrected chi connectivity index (χ2v) is 13.1. The van der Waals surface area contributed by atoms with Crippen molar-refractivity contribution in [3.63, 3.8) is 0 Å². The van der Waals surface area contributed by atoms with Gasteiger partial charge in [0.1, 0.15) is 5.92 Å². The lowest BCUT2D eigenvalue weighted by molar-refractivity contribution is -0.143. The summed E-state index contributed by atoms with van der Waals surface area (Å²) >= 11 is 0. The standard InChI is InChI=1S/C30H45NO/c1-19(2)9-8-10-20(3)23-12-13-24-22-11-14-26-28(4,5)27(32)21(18-31)17-30(26,7)25(22)15-16-29(23,24)6/h13,19-21,23,26H,8-12,14-17H2,1-7H3/t20-,21?,23-,26+,29-,30-/m1/s1. The van der Waals surface area contributed by atoms with Crippen LogP contribution in [-0.4, -0.2) is 5.78 Å².